The summed E-state index contributed by atoms with van der Waals surface area (Å²) in [7, 11) is 0. The highest BCUT2D eigenvalue weighted by molar-refractivity contribution is 5.65. The van der Waals surface area contributed by atoms with E-state index in [0.717, 1.165) is 24.3 Å². The maximum atomic E-state index is 13.8. The maximum Gasteiger partial charge on any atom is 0.403 e. The van der Waals surface area contributed by atoms with Gasteiger partial charge < -0.3 is 4.74 Å². The Kier molecular flexibility index (Phi) is 4.63. The Labute approximate surface area is 122 Å². The van der Waals surface area contributed by atoms with Crippen LogP contribution in [0, 0.1) is 11.6 Å². The van der Waals surface area contributed by atoms with E-state index in [1.807, 2.05) is 0 Å². The first kappa shape index (κ1) is 16.2. The SMILES string of the molecule is Fc1cc(-c2ccccc2F)ccc1OC(F)(F)CC(F)F. The van der Waals surface area contributed by atoms with Crippen LogP contribution in [0.1, 0.15) is 6.42 Å². The van der Waals surface area contributed by atoms with Gasteiger partial charge in [-0.3, -0.25) is 0 Å². The Bertz CT molecular complexity index is 656. The van der Waals surface area contributed by atoms with Crippen molar-refractivity contribution >= 4 is 0 Å². The third-order valence-corrected chi connectivity index (χ3v) is 2.77. The van der Waals surface area contributed by atoms with Crippen molar-refractivity contribution in [1.82, 2.24) is 0 Å². The molecule has 0 unspecified atom stereocenters. The molecule has 0 aliphatic heterocycles. The average molecular weight is 320 g/mol. The summed E-state index contributed by atoms with van der Waals surface area (Å²) in [5, 5.41) is 0. The fourth-order valence-electron chi connectivity index (χ4n) is 1.83. The van der Waals surface area contributed by atoms with E-state index in [9.17, 15) is 26.3 Å². The molecule has 0 heterocycles. The van der Waals surface area contributed by atoms with Gasteiger partial charge >= 0.3 is 6.11 Å². The fraction of sp³-hybridized carbons (Fsp3) is 0.200. The first-order valence-corrected chi connectivity index (χ1v) is 6.18. The summed E-state index contributed by atoms with van der Waals surface area (Å²) in [5.74, 6) is -2.70. The molecule has 0 amide bonds. The smallest absolute Gasteiger partial charge is 0.403 e. The molecular formula is C15H10F6O. The number of hydrogen-bond acceptors (Lipinski definition) is 1. The lowest BCUT2D eigenvalue weighted by molar-refractivity contribution is -0.200. The number of halogens is 6. The molecule has 118 valence electrons. The van der Waals surface area contributed by atoms with Crippen molar-refractivity contribution in [2.45, 2.75) is 19.0 Å². The minimum Gasteiger partial charge on any atom is -0.429 e. The van der Waals surface area contributed by atoms with Crippen LogP contribution in [0.2, 0.25) is 0 Å². The molecule has 2 rings (SSSR count). The summed E-state index contributed by atoms with van der Waals surface area (Å²) in [6, 6.07) is 8.32. The van der Waals surface area contributed by atoms with Crippen LogP contribution in [0.3, 0.4) is 0 Å². The molecule has 1 nitrogen and oxygen atoms in total. The van der Waals surface area contributed by atoms with Crippen molar-refractivity contribution in [2.24, 2.45) is 0 Å². The number of alkyl halides is 4. The van der Waals surface area contributed by atoms with Crippen molar-refractivity contribution in [3.8, 4) is 16.9 Å². The Hall–Kier alpha value is -2.18. The van der Waals surface area contributed by atoms with Gasteiger partial charge in [-0.2, -0.15) is 8.78 Å². The standard InChI is InChI=1S/C15H10F6O/c16-11-4-2-1-3-10(11)9-5-6-13(12(17)7-9)22-15(20,21)8-14(18)19/h1-7,14H,8H2. The van der Waals surface area contributed by atoms with Gasteiger partial charge in [0.05, 0.1) is 0 Å². The van der Waals surface area contributed by atoms with Gasteiger partial charge in [0.2, 0.25) is 6.43 Å². The number of hydrogen-bond donors (Lipinski definition) is 0. The lowest BCUT2D eigenvalue weighted by Crippen LogP contribution is -2.27. The molecule has 0 N–H and O–H groups in total. The van der Waals surface area contributed by atoms with Crippen LogP contribution < -0.4 is 4.74 Å². The third kappa shape index (κ3) is 3.93. The van der Waals surface area contributed by atoms with Crippen molar-refractivity contribution in [3.05, 3.63) is 54.1 Å². The molecule has 0 fully saturated rings. The van der Waals surface area contributed by atoms with Crippen LogP contribution in [-0.2, 0) is 0 Å². The summed E-state index contributed by atoms with van der Waals surface area (Å²) in [4.78, 5) is 0. The van der Waals surface area contributed by atoms with E-state index in [1.165, 1.54) is 18.2 Å². The van der Waals surface area contributed by atoms with E-state index < -0.39 is 36.3 Å². The Morgan fingerprint density at radius 2 is 1.64 bits per heavy atom. The van der Waals surface area contributed by atoms with E-state index in [-0.39, 0.29) is 11.1 Å². The molecule has 0 atom stereocenters. The lowest BCUT2D eigenvalue weighted by Gasteiger charge is -2.18. The van der Waals surface area contributed by atoms with Crippen molar-refractivity contribution in [2.75, 3.05) is 0 Å². The zero-order valence-electron chi connectivity index (χ0n) is 11.0. The normalized spacial score (nSPS) is 11.8. The Balaban J connectivity index is 2.26. The largest absolute Gasteiger partial charge is 0.429 e. The van der Waals surface area contributed by atoms with E-state index in [4.69, 9.17) is 0 Å². The molecule has 0 saturated heterocycles. The second kappa shape index (κ2) is 6.29. The second-order valence-electron chi connectivity index (χ2n) is 4.46. The van der Waals surface area contributed by atoms with E-state index >= 15 is 0 Å². The molecule has 2 aromatic carbocycles. The molecule has 0 spiro atoms. The molecule has 22 heavy (non-hydrogen) atoms. The fourth-order valence-corrected chi connectivity index (χ4v) is 1.83. The van der Waals surface area contributed by atoms with Crippen LogP contribution in [0.5, 0.6) is 5.75 Å². The minimum absolute atomic E-state index is 0.0762. The number of ether oxygens (including phenoxy) is 1. The highest BCUT2D eigenvalue weighted by Crippen LogP contribution is 2.32. The van der Waals surface area contributed by atoms with Crippen LogP contribution in [0.15, 0.2) is 42.5 Å². The number of rotatable bonds is 5. The predicted octanol–water partition coefficient (Wildman–Crippen LogP) is 5.26. The first-order chi connectivity index (χ1) is 10.3. The summed E-state index contributed by atoms with van der Waals surface area (Å²) < 4.78 is 81.4. The predicted molar refractivity (Wildman–Crippen MR) is 68.0 cm³/mol. The molecule has 2 aromatic rings. The molecular weight excluding hydrogens is 310 g/mol. The molecule has 0 radical (unpaired) electrons. The molecule has 0 aliphatic carbocycles. The van der Waals surface area contributed by atoms with Gasteiger partial charge in [-0.05, 0) is 23.8 Å². The third-order valence-electron chi connectivity index (χ3n) is 2.77. The zero-order chi connectivity index (χ0) is 16.3. The van der Waals surface area contributed by atoms with Gasteiger partial charge in [0, 0.05) is 5.56 Å². The zero-order valence-corrected chi connectivity index (χ0v) is 11.0. The molecule has 7 heteroatoms. The van der Waals surface area contributed by atoms with Crippen LogP contribution in [0.25, 0.3) is 11.1 Å². The Morgan fingerprint density at radius 3 is 2.23 bits per heavy atom. The summed E-state index contributed by atoms with van der Waals surface area (Å²) in [6.45, 7) is 0. The van der Waals surface area contributed by atoms with Gasteiger partial charge in [0.1, 0.15) is 12.2 Å². The van der Waals surface area contributed by atoms with Crippen LogP contribution >= 0.6 is 0 Å². The molecule has 0 bridgehead atoms. The highest BCUT2D eigenvalue weighted by atomic mass is 19.3. The van der Waals surface area contributed by atoms with Crippen molar-refractivity contribution in [3.63, 3.8) is 0 Å². The van der Waals surface area contributed by atoms with Gasteiger partial charge in [0.15, 0.2) is 11.6 Å². The van der Waals surface area contributed by atoms with E-state index in [0.29, 0.717) is 0 Å². The van der Waals surface area contributed by atoms with E-state index in [2.05, 4.69) is 4.74 Å². The number of benzene rings is 2. The summed E-state index contributed by atoms with van der Waals surface area (Å²) >= 11 is 0. The molecule has 0 aliphatic rings. The van der Waals surface area contributed by atoms with Crippen LogP contribution in [0.4, 0.5) is 26.3 Å². The second-order valence-corrected chi connectivity index (χ2v) is 4.46. The van der Waals surface area contributed by atoms with Gasteiger partial charge in [-0.1, -0.05) is 24.3 Å². The van der Waals surface area contributed by atoms with E-state index in [1.54, 1.807) is 0 Å². The topological polar surface area (TPSA) is 9.23 Å². The highest BCUT2D eigenvalue weighted by Gasteiger charge is 2.36. The summed E-state index contributed by atoms with van der Waals surface area (Å²) in [5.41, 5.74) is 0.187. The van der Waals surface area contributed by atoms with Crippen molar-refractivity contribution < 1.29 is 31.1 Å². The van der Waals surface area contributed by atoms with Crippen molar-refractivity contribution in [1.29, 1.82) is 0 Å². The minimum atomic E-state index is -4.20. The first-order valence-electron chi connectivity index (χ1n) is 6.18. The monoisotopic (exact) mass is 320 g/mol. The van der Waals surface area contributed by atoms with Gasteiger partial charge in [-0.15, -0.1) is 0 Å². The molecule has 0 saturated carbocycles. The summed E-state index contributed by atoms with van der Waals surface area (Å²) in [6.07, 6.45) is -9.34. The molecule has 0 aromatic heterocycles. The average Bonchev–Trinajstić information content (AvgIpc) is 2.40. The lowest BCUT2D eigenvalue weighted by atomic mass is 10.0. The maximum absolute atomic E-state index is 13.8. The van der Waals surface area contributed by atoms with Gasteiger partial charge in [-0.25, -0.2) is 17.6 Å². The van der Waals surface area contributed by atoms with Gasteiger partial charge in [0.25, 0.3) is 0 Å². The van der Waals surface area contributed by atoms with Crippen LogP contribution in [-0.4, -0.2) is 12.5 Å². The quantitative estimate of drug-likeness (QED) is 0.683. The Morgan fingerprint density at radius 1 is 0.955 bits per heavy atom.